The SMILES string of the molecule is CC(C)c1cccc(C(C)C)c1N1C(=O)c2ccc3c4cccc5c(C#Cc6cccc(C#Cc7ccc8c9ccc%10c%11c(ccc(c%12cccc7c%128)c%119)C(=O)N(c7c(C(C)C)cccc7C(C)C)C%10=O)c6)ccc(c6ccc(c2c36)C1=O)c54. The van der Waals surface area contributed by atoms with Crippen molar-refractivity contribution in [3.63, 3.8) is 0 Å². The van der Waals surface area contributed by atoms with E-state index < -0.39 is 0 Å². The van der Waals surface area contributed by atoms with Gasteiger partial charge in [-0.2, -0.15) is 0 Å². The summed E-state index contributed by atoms with van der Waals surface area (Å²) in [6.07, 6.45) is 0. The molecular formula is C78H56N2O4. The molecule has 0 saturated carbocycles. The van der Waals surface area contributed by atoms with E-state index in [2.05, 4.69) is 164 Å². The van der Waals surface area contributed by atoms with Crippen molar-refractivity contribution in [3.8, 4) is 23.7 Å². The van der Waals surface area contributed by atoms with Gasteiger partial charge in [0.25, 0.3) is 23.6 Å². The van der Waals surface area contributed by atoms with E-state index in [-0.39, 0.29) is 47.3 Å². The highest BCUT2D eigenvalue weighted by Crippen LogP contribution is 2.49. The molecule has 15 rings (SSSR count). The number of fused-ring (bicyclic) bond motifs is 4. The Morgan fingerprint density at radius 1 is 0.274 bits per heavy atom. The van der Waals surface area contributed by atoms with Gasteiger partial charge in [-0.05, 0) is 176 Å². The molecule has 2 aliphatic heterocycles. The fourth-order valence-corrected chi connectivity index (χ4v) is 14.1. The Labute approximate surface area is 487 Å². The minimum atomic E-state index is -0.293. The molecule has 0 N–H and O–H groups in total. The maximum absolute atomic E-state index is 14.8. The van der Waals surface area contributed by atoms with Gasteiger partial charge < -0.3 is 0 Å². The first-order chi connectivity index (χ1) is 40.7. The lowest BCUT2D eigenvalue weighted by molar-refractivity contribution is 0.0877. The van der Waals surface area contributed by atoms with Crippen molar-refractivity contribution in [3.05, 3.63) is 237 Å². The highest BCUT2D eigenvalue weighted by atomic mass is 16.2. The maximum Gasteiger partial charge on any atom is 0.266 e. The largest absolute Gasteiger partial charge is 0.268 e. The summed E-state index contributed by atoms with van der Waals surface area (Å²) in [7, 11) is 0. The van der Waals surface area contributed by atoms with Gasteiger partial charge in [0.2, 0.25) is 0 Å². The van der Waals surface area contributed by atoms with Crippen molar-refractivity contribution in [2.45, 2.75) is 79.1 Å². The first-order valence-corrected chi connectivity index (χ1v) is 29.2. The van der Waals surface area contributed by atoms with Crippen molar-refractivity contribution < 1.29 is 19.2 Å². The van der Waals surface area contributed by atoms with Crippen LogP contribution in [0.15, 0.2) is 170 Å². The Hall–Kier alpha value is -10.1. The zero-order valence-corrected chi connectivity index (χ0v) is 48.0. The zero-order valence-electron chi connectivity index (χ0n) is 48.0. The van der Waals surface area contributed by atoms with E-state index in [4.69, 9.17) is 0 Å². The number of carbonyl (C=O) groups excluding carboxylic acids is 4. The summed E-state index contributed by atoms with van der Waals surface area (Å²) < 4.78 is 0. The molecule has 0 fully saturated rings. The molecule has 84 heavy (non-hydrogen) atoms. The number of carbonyl (C=O) groups is 4. The van der Waals surface area contributed by atoms with Crippen LogP contribution in [-0.4, -0.2) is 23.6 Å². The molecule has 0 atom stereocenters. The van der Waals surface area contributed by atoms with Crippen LogP contribution in [0, 0.1) is 23.7 Å². The van der Waals surface area contributed by atoms with Crippen LogP contribution in [0.3, 0.4) is 0 Å². The fourth-order valence-electron chi connectivity index (χ4n) is 14.1. The molecule has 2 aliphatic rings. The molecule has 6 heteroatoms. The van der Waals surface area contributed by atoms with Crippen molar-refractivity contribution in [1.29, 1.82) is 0 Å². The Balaban J connectivity index is 0.772. The first kappa shape index (κ1) is 50.8. The third kappa shape index (κ3) is 7.20. The molecule has 13 aromatic carbocycles. The average Bonchev–Trinajstić information content (AvgIpc) is 0.945. The van der Waals surface area contributed by atoms with Gasteiger partial charge in [0, 0.05) is 55.3 Å². The lowest BCUT2D eigenvalue weighted by atomic mass is 9.83. The van der Waals surface area contributed by atoms with Crippen LogP contribution in [0.4, 0.5) is 11.4 Å². The van der Waals surface area contributed by atoms with Gasteiger partial charge in [-0.15, -0.1) is 0 Å². The highest BCUT2D eigenvalue weighted by Gasteiger charge is 2.40. The van der Waals surface area contributed by atoms with Crippen molar-refractivity contribution in [2.24, 2.45) is 0 Å². The number of benzene rings is 13. The molecule has 0 aliphatic carbocycles. The van der Waals surface area contributed by atoms with E-state index in [1.807, 2.05) is 84.9 Å². The van der Waals surface area contributed by atoms with Gasteiger partial charge in [0.1, 0.15) is 0 Å². The number of anilines is 2. The smallest absolute Gasteiger partial charge is 0.266 e. The van der Waals surface area contributed by atoms with E-state index in [1.165, 1.54) is 9.80 Å². The second-order valence-corrected chi connectivity index (χ2v) is 24.1. The molecule has 13 aromatic rings. The molecule has 0 spiro atoms. The molecular weight excluding hydrogens is 1030 g/mol. The van der Waals surface area contributed by atoms with Crippen LogP contribution < -0.4 is 9.80 Å². The molecule has 402 valence electrons. The van der Waals surface area contributed by atoms with Crippen LogP contribution in [0.2, 0.25) is 0 Å². The molecule has 0 aromatic heterocycles. The summed E-state index contributed by atoms with van der Waals surface area (Å²) in [6.45, 7) is 16.8. The second kappa shape index (κ2) is 18.7. The third-order valence-corrected chi connectivity index (χ3v) is 18.0. The van der Waals surface area contributed by atoms with Gasteiger partial charge in [-0.25, -0.2) is 9.80 Å². The first-order valence-electron chi connectivity index (χ1n) is 29.2. The minimum absolute atomic E-state index is 0.108. The predicted octanol–water partition coefficient (Wildman–Crippen LogP) is 18.7. The maximum atomic E-state index is 14.8. The lowest BCUT2D eigenvalue weighted by Crippen LogP contribution is -2.41. The quantitative estimate of drug-likeness (QED) is 0.0720. The topological polar surface area (TPSA) is 74.8 Å². The predicted molar refractivity (Wildman–Crippen MR) is 345 cm³/mol. The fraction of sp³-hybridized carbons (Fsp3) is 0.154. The summed E-state index contributed by atoms with van der Waals surface area (Å²) >= 11 is 0. The Morgan fingerprint density at radius 2 is 0.548 bits per heavy atom. The van der Waals surface area contributed by atoms with Gasteiger partial charge in [-0.3, -0.25) is 19.2 Å². The van der Waals surface area contributed by atoms with E-state index in [1.54, 1.807) is 0 Å². The van der Waals surface area contributed by atoms with E-state index in [0.717, 1.165) is 120 Å². The van der Waals surface area contributed by atoms with E-state index in [9.17, 15) is 19.2 Å². The van der Waals surface area contributed by atoms with Crippen LogP contribution in [0.1, 0.15) is 165 Å². The lowest BCUT2D eigenvalue weighted by Gasteiger charge is -2.32. The molecule has 0 saturated heterocycles. The molecule has 2 heterocycles. The van der Waals surface area contributed by atoms with Crippen LogP contribution in [0.5, 0.6) is 0 Å². The normalized spacial score (nSPS) is 13.5. The molecule has 0 radical (unpaired) electrons. The molecule has 6 nitrogen and oxygen atoms in total. The van der Waals surface area contributed by atoms with E-state index in [0.29, 0.717) is 44.4 Å². The number of imide groups is 2. The minimum Gasteiger partial charge on any atom is -0.268 e. The monoisotopic (exact) mass is 1080 g/mol. The summed E-state index contributed by atoms with van der Waals surface area (Å²) in [4.78, 5) is 62.1. The standard InChI is InChI=1S/C78H56N2O4/c1-41(2)49-16-10-17-50(42(3)4)73(49)79-75(81)63-36-32-59-55-22-12-20-53-47(28-30-57(67(53)55)61-34-38-65(77(79)83)71(63)69(59)61)26-24-45-14-9-15-46(40-45)25-27-48-29-31-58-62-35-39-66-72-64(37-33-60(70(62)72)56-23-13-21-54(48)68(56)58)76(82)80(78(66)84)74-51(43(5)6)18-11-19-52(74)44(7)8/h9-23,28-44H,1-8H3. The van der Waals surface area contributed by atoms with Crippen molar-refractivity contribution in [1.82, 2.24) is 0 Å². The van der Waals surface area contributed by atoms with Crippen LogP contribution >= 0.6 is 0 Å². The van der Waals surface area contributed by atoms with Crippen LogP contribution in [0.25, 0.3) is 86.2 Å². The average molecular weight is 1090 g/mol. The highest BCUT2D eigenvalue weighted by molar-refractivity contribution is 6.44. The number of hydrogen-bond donors (Lipinski definition) is 0. The van der Waals surface area contributed by atoms with E-state index >= 15 is 0 Å². The summed E-state index contributed by atoms with van der Waals surface area (Å²) in [5.41, 5.74) is 10.9. The molecule has 0 bridgehead atoms. The van der Waals surface area contributed by atoms with Crippen LogP contribution in [-0.2, 0) is 0 Å². The Kier molecular flexibility index (Phi) is 11.3. The zero-order chi connectivity index (χ0) is 57.7. The summed E-state index contributed by atoms with van der Waals surface area (Å²) in [5, 5.41) is 15.7. The van der Waals surface area contributed by atoms with Crippen molar-refractivity contribution in [2.75, 3.05) is 9.80 Å². The van der Waals surface area contributed by atoms with Gasteiger partial charge in [0.05, 0.1) is 11.4 Å². The Bertz CT molecular complexity index is 4750. The number of amides is 4. The summed E-state index contributed by atoms with van der Waals surface area (Å²) in [6, 6.07) is 57.2. The molecule has 0 unspecified atom stereocenters. The number of nitrogens with zero attached hydrogens (tertiary/aromatic N) is 2. The van der Waals surface area contributed by atoms with Gasteiger partial charge in [0.15, 0.2) is 0 Å². The van der Waals surface area contributed by atoms with Crippen molar-refractivity contribution >= 4 is 121 Å². The summed E-state index contributed by atoms with van der Waals surface area (Å²) in [5.74, 6) is 13.2. The number of para-hydroxylation sites is 2. The third-order valence-electron chi connectivity index (χ3n) is 18.0. The van der Waals surface area contributed by atoms with Gasteiger partial charge >= 0.3 is 0 Å². The van der Waals surface area contributed by atoms with Gasteiger partial charge in [-0.1, -0.05) is 194 Å². The Morgan fingerprint density at radius 3 is 0.881 bits per heavy atom. The number of hydrogen-bond acceptors (Lipinski definition) is 4. The molecule has 4 amide bonds. The number of rotatable bonds is 6. The second-order valence-electron chi connectivity index (χ2n) is 24.1.